The van der Waals surface area contributed by atoms with Crippen molar-refractivity contribution in [2.75, 3.05) is 0 Å². The molecule has 0 saturated heterocycles. The lowest BCUT2D eigenvalue weighted by Gasteiger charge is -2.28. The Labute approximate surface area is 135 Å². The number of halogens is 3. The summed E-state index contributed by atoms with van der Waals surface area (Å²) in [4.78, 5) is 0. The second kappa shape index (κ2) is 6.54. The van der Waals surface area contributed by atoms with Gasteiger partial charge in [0.05, 0.1) is 5.39 Å². The highest BCUT2D eigenvalue weighted by atomic mass is 19.2. The quantitative estimate of drug-likeness (QED) is 0.605. The molecule has 1 saturated carbocycles. The predicted octanol–water partition coefficient (Wildman–Crippen LogP) is 6.50. The van der Waals surface area contributed by atoms with Crippen LogP contribution in [-0.2, 0) is 6.42 Å². The number of fused-ring (bicyclic) bond motifs is 1. The summed E-state index contributed by atoms with van der Waals surface area (Å²) in [5.41, 5.74) is 0.847. The summed E-state index contributed by atoms with van der Waals surface area (Å²) in [5, 5.41) is 0.263. The Morgan fingerprint density at radius 2 is 1.61 bits per heavy atom. The predicted molar refractivity (Wildman–Crippen MR) is 88.2 cm³/mol. The van der Waals surface area contributed by atoms with Gasteiger partial charge in [-0.25, -0.2) is 13.2 Å². The van der Waals surface area contributed by atoms with Crippen molar-refractivity contribution in [1.82, 2.24) is 0 Å². The monoisotopic (exact) mass is 320 g/mol. The van der Waals surface area contributed by atoms with Gasteiger partial charge in [-0.05, 0) is 66.5 Å². The molecule has 0 N–H and O–H groups in total. The topological polar surface area (TPSA) is 0 Å². The van der Waals surface area contributed by atoms with Gasteiger partial charge >= 0.3 is 0 Å². The van der Waals surface area contributed by atoms with E-state index in [-0.39, 0.29) is 11.3 Å². The fourth-order valence-corrected chi connectivity index (χ4v) is 3.90. The third kappa shape index (κ3) is 2.86. The Morgan fingerprint density at radius 3 is 2.22 bits per heavy atom. The lowest BCUT2D eigenvalue weighted by Crippen LogP contribution is -2.14. The SMILES string of the molecule is CCc1ccc2cc(C3CCC(CC)CC3)c(F)c(F)c2c1F. The molecule has 2 aromatic rings. The molecule has 1 aliphatic carbocycles. The van der Waals surface area contributed by atoms with E-state index in [0.717, 1.165) is 32.1 Å². The fourth-order valence-electron chi connectivity index (χ4n) is 3.90. The molecule has 0 radical (unpaired) electrons. The number of hydrogen-bond donors (Lipinski definition) is 0. The maximum atomic E-state index is 14.6. The largest absolute Gasteiger partial charge is 0.206 e. The molecule has 0 atom stereocenters. The Morgan fingerprint density at radius 1 is 0.913 bits per heavy atom. The summed E-state index contributed by atoms with van der Waals surface area (Å²) in [6, 6.07) is 5.04. The minimum Gasteiger partial charge on any atom is -0.206 e. The molecule has 0 bridgehead atoms. The van der Waals surface area contributed by atoms with Crippen LogP contribution in [-0.4, -0.2) is 0 Å². The molecule has 0 nitrogen and oxygen atoms in total. The molecule has 2 aromatic carbocycles. The summed E-state index contributed by atoms with van der Waals surface area (Å²) in [7, 11) is 0. The van der Waals surface area contributed by atoms with Gasteiger partial charge in [-0.3, -0.25) is 0 Å². The number of rotatable bonds is 3. The van der Waals surface area contributed by atoms with Crippen LogP contribution in [0.5, 0.6) is 0 Å². The Hall–Kier alpha value is -1.51. The summed E-state index contributed by atoms with van der Waals surface area (Å²) in [5.74, 6) is -1.76. The lowest BCUT2D eigenvalue weighted by atomic mass is 9.77. The summed E-state index contributed by atoms with van der Waals surface area (Å²) >= 11 is 0. The van der Waals surface area contributed by atoms with Gasteiger partial charge in [-0.2, -0.15) is 0 Å². The van der Waals surface area contributed by atoms with Crippen LogP contribution >= 0.6 is 0 Å². The van der Waals surface area contributed by atoms with Crippen LogP contribution in [0.4, 0.5) is 13.2 Å². The zero-order valence-electron chi connectivity index (χ0n) is 13.8. The van der Waals surface area contributed by atoms with E-state index in [4.69, 9.17) is 0 Å². The Bertz CT molecular complexity index is 713. The average molecular weight is 320 g/mol. The third-order valence-electron chi connectivity index (χ3n) is 5.48. The molecule has 0 heterocycles. The molecule has 0 aliphatic heterocycles. The second-order valence-corrected chi connectivity index (χ2v) is 6.71. The molecule has 0 amide bonds. The van der Waals surface area contributed by atoms with Crippen molar-refractivity contribution in [3.8, 4) is 0 Å². The van der Waals surface area contributed by atoms with Gasteiger partial charge in [-0.15, -0.1) is 0 Å². The van der Waals surface area contributed by atoms with E-state index < -0.39 is 17.5 Å². The molecule has 3 rings (SSSR count). The molecule has 0 spiro atoms. The third-order valence-corrected chi connectivity index (χ3v) is 5.48. The van der Waals surface area contributed by atoms with Crippen molar-refractivity contribution in [2.45, 2.75) is 58.3 Å². The molecule has 124 valence electrons. The second-order valence-electron chi connectivity index (χ2n) is 6.71. The molecule has 0 unspecified atom stereocenters. The molecular formula is C20H23F3. The molecule has 1 fully saturated rings. The van der Waals surface area contributed by atoms with Crippen molar-refractivity contribution in [3.63, 3.8) is 0 Å². The number of aryl methyl sites for hydroxylation is 1. The van der Waals surface area contributed by atoms with Crippen LogP contribution in [0.25, 0.3) is 10.8 Å². The van der Waals surface area contributed by atoms with Crippen LogP contribution in [0.2, 0.25) is 0 Å². The first-order valence-electron chi connectivity index (χ1n) is 8.65. The van der Waals surface area contributed by atoms with Crippen molar-refractivity contribution in [1.29, 1.82) is 0 Å². The van der Waals surface area contributed by atoms with Crippen molar-refractivity contribution < 1.29 is 13.2 Å². The molecule has 0 aromatic heterocycles. The van der Waals surface area contributed by atoms with Gasteiger partial charge in [0.2, 0.25) is 0 Å². The first-order chi connectivity index (χ1) is 11.1. The van der Waals surface area contributed by atoms with Crippen LogP contribution in [0.15, 0.2) is 18.2 Å². The zero-order valence-corrected chi connectivity index (χ0v) is 13.8. The zero-order chi connectivity index (χ0) is 16.6. The fraction of sp³-hybridized carbons (Fsp3) is 0.500. The highest BCUT2D eigenvalue weighted by molar-refractivity contribution is 5.85. The Kier molecular flexibility index (Phi) is 4.65. The van der Waals surface area contributed by atoms with Gasteiger partial charge in [0.1, 0.15) is 5.82 Å². The van der Waals surface area contributed by atoms with Crippen molar-refractivity contribution in [3.05, 3.63) is 46.8 Å². The van der Waals surface area contributed by atoms with Crippen LogP contribution in [0.1, 0.15) is 63.0 Å². The standard InChI is InChI=1S/C20H23F3/c1-3-12-5-7-14(8-6-12)16-11-15-10-9-13(4-2)18(21)17(15)20(23)19(16)22/h9-12,14H,3-8H2,1-2H3. The first-order valence-corrected chi connectivity index (χ1v) is 8.65. The van der Waals surface area contributed by atoms with E-state index in [0.29, 0.717) is 28.9 Å². The van der Waals surface area contributed by atoms with Crippen LogP contribution < -0.4 is 0 Å². The minimum atomic E-state index is -1.03. The molecule has 23 heavy (non-hydrogen) atoms. The first kappa shape index (κ1) is 16.4. The maximum Gasteiger partial charge on any atom is 0.169 e. The van der Waals surface area contributed by atoms with E-state index in [1.54, 1.807) is 25.1 Å². The van der Waals surface area contributed by atoms with E-state index in [1.807, 2.05) is 0 Å². The van der Waals surface area contributed by atoms with Crippen molar-refractivity contribution >= 4 is 10.8 Å². The maximum absolute atomic E-state index is 14.6. The smallest absolute Gasteiger partial charge is 0.169 e. The molecule has 3 heteroatoms. The highest BCUT2D eigenvalue weighted by Crippen LogP contribution is 2.40. The van der Waals surface area contributed by atoms with Gasteiger partial charge in [0.15, 0.2) is 11.6 Å². The van der Waals surface area contributed by atoms with Gasteiger partial charge < -0.3 is 0 Å². The van der Waals surface area contributed by atoms with Gasteiger partial charge in [0, 0.05) is 0 Å². The summed E-state index contributed by atoms with van der Waals surface area (Å²) < 4.78 is 43.5. The number of benzene rings is 2. The number of hydrogen-bond acceptors (Lipinski definition) is 0. The van der Waals surface area contributed by atoms with E-state index in [2.05, 4.69) is 6.92 Å². The van der Waals surface area contributed by atoms with E-state index >= 15 is 0 Å². The summed E-state index contributed by atoms with van der Waals surface area (Å²) in [6.45, 7) is 3.98. The average Bonchev–Trinajstić information content (AvgIpc) is 2.58. The summed E-state index contributed by atoms with van der Waals surface area (Å²) in [6.07, 6.45) is 5.50. The van der Waals surface area contributed by atoms with E-state index in [1.165, 1.54) is 0 Å². The molecule has 1 aliphatic rings. The Balaban J connectivity index is 2.05. The van der Waals surface area contributed by atoms with Crippen LogP contribution in [0, 0.1) is 23.4 Å². The molecular weight excluding hydrogens is 297 g/mol. The van der Waals surface area contributed by atoms with Crippen molar-refractivity contribution in [2.24, 2.45) is 5.92 Å². The normalized spacial score (nSPS) is 21.8. The highest BCUT2D eigenvalue weighted by Gasteiger charge is 2.26. The van der Waals surface area contributed by atoms with E-state index in [9.17, 15) is 13.2 Å². The van der Waals surface area contributed by atoms with Gasteiger partial charge in [0.25, 0.3) is 0 Å². The van der Waals surface area contributed by atoms with Gasteiger partial charge in [-0.1, -0.05) is 32.4 Å². The van der Waals surface area contributed by atoms with Crippen LogP contribution in [0.3, 0.4) is 0 Å². The minimum absolute atomic E-state index is 0.0469. The lowest BCUT2D eigenvalue weighted by molar-refractivity contribution is 0.313.